The zero-order chi connectivity index (χ0) is 21.6. The van der Waals surface area contributed by atoms with Gasteiger partial charge in [-0.2, -0.15) is 0 Å². The highest BCUT2D eigenvalue weighted by Crippen LogP contribution is 2.23. The van der Waals surface area contributed by atoms with Crippen molar-refractivity contribution in [2.75, 3.05) is 21.1 Å². The molecule has 1 amide bonds. The van der Waals surface area contributed by atoms with Crippen LogP contribution in [0.3, 0.4) is 0 Å². The van der Waals surface area contributed by atoms with Gasteiger partial charge in [0.15, 0.2) is 5.11 Å². The van der Waals surface area contributed by atoms with Gasteiger partial charge in [-0.3, -0.25) is 4.79 Å². The highest BCUT2D eigenvalue weighted by atomic mass is 32.1. The molecule has 0 bridgehead atoms. The van der Waals surface area contributed by atoms with Crippen molar-refractivity contribution in [1.82, 2.24) is 20.4 Å². The normalized spacial score (nSPS) is 20.8. The third-order valence-electron chi connectivity index (χ3n) is 5.74. The van der Waals surface area contributed by atoms with Crippen LogP contribution in [-0.2, 0) is 11.3 Å². The summed E-state index contributed by atoms with van der Waals surface area (Å²) in [6.07, 6.45) is 4.75. The number of rotatable bonds is 6. The Labute approximate surface area is 182 Å². The van der Waals surface area contributed by atoms with Crippen molar-refractivity contribution in [2.24, 2.45) is 5.41 Å². The Morgan fingerprint density at radius 2 is 1.76 bits per heavy atom. The van der Waals surface area contributed by atoms with Crippen LogP contribution in [0.4, 0.5) is 0 Å². The van der Waals surface area contributed by atoms with Gasteiger partial charge in [0.05, 0.1) is 0 Å². The molecule has 0 heterocycles. The molecule has 1 aromatic rings. The summed E-state index contributed by atoms with van der Waals surface area (Å²) < 4.78 is 0. The van der Waals surface area contributed by atoms with Gasteiger partial charge in [-0.25, -0.2) is 0 Å². The van der Waals surface area contributed by atoms with Crippen molar-refractivity contribution >= 4 is 23.2 Å². The lowest BCUT2D eigenvalue weighted by Crippen LogP contribution is -2.59. The van der Waals surface area contributed by atoms with E-state index in [2.05, 4.69) is 50.4 Å². The van der Waals surface area contributed by atoms with Gasteiger partial charge in [0.1, 0.15) is 6.04 Å². The molecule has 29 heavy (non-hydrogen) atoms. The van der Waals surface area contributed by atoms with E-state index in [0.29, 0.717) is 23.7 Å². The quantitative estimate of drug-likeness (QED) is 0.694. The lowest BCUT2D eigenvalue weighted by Gasteiger charge is -2.39. The highest BCUT2D eigenvalue weighted by molar-refractivity contribution is 7.80. The average Bonchev–Trinajstić information content (AvgIpc) is 2.65. The van der Waals surface area contributed by atoms with Crippen LogP contribution in [0, 0.1) is 5.41 Å². The van der Waals surface area contributed by atoms with Crippen LogP contribution in [-0.4, -0.2) is 60.1 Å². The molecule has 1 fully saturated rings. The van der Waals surface area contributed by atoms with Gasteiger partial charge in [0, 0.05) is 25.7 Å². The van der Waals surface area contributed by atoms with E-state index in [1.165, 1.54) is 19.3 Å². The molecular formula is C23H38N4OS. The zero-order valence-electron chi connectivity index (χ0n) is 18.9. The second kappa shape index (κ2) is 10.4. The van der Waals surface area contributed by atoms with E-state index < -0.39 is 6.04 Å². The number of carbonyl (C=O) groups excluding carboxylic acids is 1. The summed E-state index contributed by atoms with van der Waals surface area (Å²) in [7, 11) is 6.11. The van der Waals surface area contributed by atoms with E-state index in [0.717, 1.165) is 12.0 Å². The minimum atomic E-state index is -0.391. The Morgan fingerprint density at radius 3 is 2.34 bits per heavy atom. The van der Waals surface area contributed by atoms with Crippen LogP contribution < -0.4 is 10.6 Å². The first-order valence-corrected chi connectivity index (χ1v) is 11.0. The van der Waals surface area contributed by atoms with Crippen molar-refractivity contribution < 1.29 is 4.79 Å². The largest absolute Gasteiger partial charge is 0.358 e. The number of carbonyl (C=O) groups is 1. The van der Waals surface area contributed by atoms with Crippen molar-refractivity contribution in [3.05, 3.63) is 35.9 Å². The summed E-state index contributed by atoms with van der Waals surface area (Å²) in [6.45, 7) is 6.81. The maximum atomic E-state index is 13.3. The Balaban J connectivity index is 2.03. The molecule has 6 heteroatoms. The van der Waals surface area contributed by atoms with Gasteiger partial charge in [-0.1, -0.05) is 63.9 Å². The summed E-state index contributed by atoms with van der Waals surface area (Å²) in [5.74, 6) is 0.0540. The number of amides is 1. The Kier molecular flexibility index (Phi) is 8.46. The van der Waals surface area contributed by atoms with E-state index in [4.69, 9.17) is 12.2 Å². The molecule has 5 nitrogen and oxygen atoms in total. The molecule has 1 aromatic carbocycles. The SMILES string of the molecule is CN(Cc1ccccc1)C(=O)[C@@H](NC(=S)N[C@@H]1CCCC[C@H]1N(C)C)C(C)(C)C. The second-order valence-electron chi connectivity index (χ2n) is 9.52. The van der Waals surface area contributed by atoms with Crippen LogP contribution in [0.15, 0.2) is 30.3 Å². The first-order chi connectivity index (χ1) is 13.6. The van der Waals surface area contributed by atoms with E-state index >= 15 is 0 Å². The summed E-state index contributed by atoms with van der Waals surface area (Å²) in [6, 6.07) is 10.5. The summed E-state index contributed by atoms with van der Waals surface area (Å²) in [4.78, 5) is 17.3. The molecule has 2 rings (SSSR count). The number of nitrogens with zero attached hydrogens (tertiary/aromatic N) is 2. The molecule has 3 atom stereocenters. The maximum Gasteiger partial charge on any atom is 0.245 e. The number of hydrogen-bond acceptors (Lipinski definition) is 3. The fourth-order valence-corrected chi connectivity index (χ4v) is 4.31. The van der Waals surface area contributed by atoms with Crippen molar-refractivity contribution in [1.29, 1.82) is 0 Å². The fourth-order valence-electron chi connectivity index (χ4n) is 4.04. The summed E-state index contributed by atoms with van der Waals surface area (Å²) >= 11 is 5.64. The Morgan fingerprint density at radius 1 is 1.14 bits per heavy atom. The van der Waals surface area contributed by atoms with Gasteiger partial charge in [-0.15, -0.1) is 0 Å². The first-order valence-electron chi connectivity index (χ1n) is 10.6. The number of benzene rings is 1. The predicted octanol–water partition coefficient (Wildman–Crippen LogP) is 3.40. The third kappa shape index (κ3) is 6.96. The molecule has 0 aromatic heterocycles. The van der Waals surface area contributed by atoms with Gasteiger partial charge in [0.25, 0.3) is 0 Å². The van der Waals surface area contributed by atoms with Crippen molar-refractivity contribution in [3.63, 3.8) is 0 Å². The Bertz CT molecular complexity index is 671. The second-order valence-corrected chi connectivity index (χ2v) is 9.93. The summed E-state index contributed by atoms with van der Waals surface area (Å²) in [5.41, 5.74) is 0.856. The van der Waals surface area contributed by atoms with Gasteiger partial charge in [0.2, 0.25) is 5.91 Å². The number of hydrogen-bond donors (Lipinski definition) is 2. The fraction of sp³-hybridized carbons (Fsp3) is 0.652. The average molecular weight is 419 g/mol. The monoisotopic (exact) mass is 418 g/mol. The van der Waals surface area contributed by atoms with Crippen LogP contribution in [0.5, 0.6) is 0 Å². The van der Waals surface area contributed by atoms with Crippen LogP contribution in [0.2, 0.25) is 0 Å². The number of likely N-dealkylation sites (N-methyl/N-ethyl adjacent to an activating group) is 2. The van der Waals surface area contributed by atoms with Crippen molar-refractivity contribution in [2.45, 2.75) is 71.1 Å². The maximum absolute atomic E-state index is 13.3. The molecule has 1 aliphatic carbocycles. The molecule has 162 valence electrons. The lowest BCUT2D eigenvalue weighted by molar-refractivity contribution is -0.134. The minimum Gasteiger partial charge on any atom is -0.358 e. The smallest absolute Gasteiger partial charge is 0.245 e. The van der Waals surface area contributed by atoms with Gasteiger partial charge < -0.3 is 20.4 Å². The zero-order valence-corrected chi connectivity index (χ0v) is 19.7. The third-order valence-corrected chi connectivity index (χ3v) is 5.97. The highest BCUT2D eigenvalue weighted by Gasteiger charge is 2.35. The number of nitrogens with one attached hydrogen (secondary N) is 2. The van der Waals surface area contributed by atoms with E-state index in [9.17, 15) is 4.79 Å². The predicted molar refractivity (Wildman–Crippen MR) is 125 cm³/mol. The van der Waals surface area contributed by atoms with Crippen LogP contribution >= 0.6 is 12.2 Å². The summed E-state index contributed by atoms with van der Waals surface area (Å²) in [5, 5.41) is 7.42. The van der Waals surface area contributed by atoms with Gasteiger partial charge >= 0.3 is 0 Å². The molecule has 0 unspecified atom stereocenters. The van der Waals surface area contributed by atoms with Gasteiger partial charge in [-0.05, 0) is 50.1 Å². The lowest BCUT2D eigenvalue weighted by atomic mass is 9.85. The molecule has 0 aliphatic heterocycles. The van der Waals surface area contributed by atoms with E-state index in [-0.39, 0.29) is 11.3 Å². The van der Waals surface area contributed by atoms with E-state index in [1.54, 1.807) is 4.90 Å². The molecule has 2 N–H and O–H groups in total. The van der Waals surface area contributed by atoms with Crippen LogP contribution in [0.25, 0.3) is 0 Å². The molecule has 0 radical (unpaired) electrons. The molecular weight excluding hydrogens is 380 g/mol. The topological polar surface area (TPSA) is 47.6 Å². The minimum absolute atomic E-state index is 0.0540. The van der Waals surface area contributed by atoms with Crippen molar-refractivity contribution in [3.8, 4) is 0 Å². The standard InChI is InChI=1S/C23H38N4OS/c1-23(2,3)20(21(28)27(6)16-17-12-8-7-9-13-17)25-22(29)24-18-14-10-11-15-19(18)26(4)5/h7-9,12-13,18-20H,10-11,14-16H2,1-6H3,(H2,24,25,29)/t18-,19-,20-/m1/s1. The molecule has 0 saturated heterocycles. The Hall–Kier alpha value is -1.66. The van der Waals surface area contributed by atoms with E-state index in [1.807, 2.05) is 37.4 Å². The first kappa shape index (κ1) is 23.6. The van der Waals surface area contributed by atoms with Crippen LogP contribution in [0.1, 0.15) is 52.0 Å². The molecule has 0 spiro atoms. The number of thiocarbonyl (C=S) groups is 1. The molecule has 1 aliphatic rings. The molecule has 1 saturated carbocycles.